The van der Waals surface area contributed by atoms with Gasteiger partial charge in [0.15, 0.2) is 0 Å². The quantitative estimate of drug-likeness (QED) is 0.730. The number of rotatable bonds is 6. The van der Waals surface area contributed by atoms with Gasteiger partial charge in [-0.15, -0.1) is 11.6 Å². The van der Waals surface area contributed by atoms with Gasteiger partial charge in [0.2, 0.25) is 0 Å². The third kappa shape index (κ3) is 3.77. The van der Waals surface area contributed by atoms with Crippen molar-refractivity contribution in [3.63, 3.8) is 0 Å². The number of alkyl halides is 1. The van der Waals surface area contributed by atoms with Crippen molar-refractivity contribution in [3.8, 4) is 0 Å². The van der Waals surface area contributed by atoms with Gasteiger partial charge in [-0.05, 0) is 31.5 Å². The molecular formula is C13H19Cl2NO. The standard InChI is InChI=1S/C13H19Cl2NO/c1-4-16(10(2)9-17-3)13-6-5-11(8-14)7-12(13)15/h5-7,10H,4,8-9H2,1-3H3. The summed E-state index contributed by atoms with van der Waals surface area (Å²) in [7, 11) is 1.71. The van der Waals surface area contributed by atoms with Gasteiger partial charge in [-0.3, -0.25) is 0 Å². The van der Waals surface area contributed by atoms with Crippen LogP contribution in [0.2, 0.25) is 5.02 Å². The van der Waals surface area contributed by atoms with E-state index >= 15 is 0 Å². The lowest BCUT2D eigenvalue weighted by Crippen LogP contribution is -2.36. The predicted octanol–water partition coefficient (Wildman–Crippen LogP) is 3.94. The molecule has 0 aliphatic heterocycles. The number of hydrogen-bond donors (Lipinski definition) is 0. The van der Waals surface area contributed by atoms with Gasteiger partial charge in [0.05, 0.1) is 17.3 Å². The Morgan fingerprint density at radius 1 is 1.41 bits per heavy atom. The Kier molecular flexibility index (Phi) is 6.10. The van der Waals surface area contributed by atoms with Gasteiger partial charge in [-0.25, -0.2) is 0 Å². The number of hydrogen-bond acceptors (Lipinski definition) is 2. The first-order valence-electron chi connectivity index (χ1n) is 5.74. The lowest BCUT2D eigenvalue weighted by Gasteiger charge is -2.30. The molecule has 0 spiro atoms. The van der Waals surface area contributed by atoms with E-state index in [-0.39, 0.29) is 0 Å². The van der Waals surface area contributed by atoms with Gasteiger partial charge in [-0.1, -0.05) is 17.7 Å². The van der Waals surface area contributed by atoms with Crippen LogP contribution in [0.25, 0.3) is 0 Å². The summed E-state index contributed by atoms with van der Waals surface area (Å²) < 4.78 is 5.19. The van der Waals surface area contributed by atoms with Crippen LogP contribution in [0.5, 0.6) is 0 Å². The average molecular weight is 276 g/mol. The van der Waals surface area contributed by atoms with Crippen molar-refractivity contribution in [1.29, 1.82) is 0 Å². The van der Waals surface area contributed by atoms with Crippen molar-refractivity contribution in [3.05, 3.63) is 28.8 Å². The fraction of sp³-hybridized carbons (Fsp3) is 0.538. The number of anilines is 1. The molecule has 4 heteroatoms. The zero-order valence-corrected chi connectivity index (χ0v) is 12.1. The summed E-state index contributed by atoms with van der Waals surface area (Å²) in [6.45, 7) is 5.81. The van der Waals surface area contributed by atoms with Crippen molar-refractivity contribution >= 4 is 28.9 Å². The molecule has 1 aromatic carbocycles. The number of benzene rings is 1. The van der Waals surface area contributed by atoms with Gasteiger partial charge in [0.25, 0.3) is 0 Å². The molecule has 0 aromatic heterocycles. The molecule has 17 heavy (non-hydrogen) atoms. The molecule has 0 bridgehead atoms. The van der Waals surface area contributed by atoms with Crippen molar-refractivity contribution < 1.29 is 4.74 Å². The maximum absolute atomic E-state index is 6.28. The molecule has 0 aliphatic rings. The minimum Gasteiger partial charge on any atom is -0.383 e. The fourth-order valence-electron chi connectivity index (χ4n) is 1.92. The Hall–Kier alpha value is -0.440. The zero-order valence-electron chi connectivity index (χ0n) is 10.5. The Morgan fingerprint density at radius 3 is 2.59 bits per heavy atom. The second-order valence-corrected chi connectivity index (χ2v) is 4.68. The van der Waals surface area contributed by atoms with Gasteiger partial charge in [-0.2, -0.15) is 0 Å². The highest BCUT2D eigenvalue weighted by Gasteiger charge is 2.15. The van der Waals surface area contributed by atoms with E-state index in [0.29, 0.717) is 18.5 Å². The first-order valence-corrected chi connectivity index (χ1v) is 6.65. The maximum atomic E-state index is 6.28. The van der Waals surface area contributed by atoms with Crippen LogP contribution in [-0.2, 0) is 10.6 Å². The van der Waals surface area contributed by atoms with E-state index in [2.05, 4.69) is 18.7 Å². The van der Waals surface area contributed by atoms with E-state index in [1.54, 1.807) is 7.11 Å². The van der Waals surface area contributed by atoms with Crippen LogP contribution in [0, 0.1) is 0 Å². The number of methoxy groups -OCH3 is 1. The van der Waals surface area contributed by atoms with E-state index in [9.17, 15) is 0 Å². The molecule has 0 fully saturated rings. The first kappa shape index (κ1) is 14.6. The largest absolute Gasteiger partial charge is 0.383 e. The normalized spacial score (nSPS) is 12.5. The molecule has 0 heterocycles. The smallest absolute Gasteiger partial charge is 0.0663 e. The molecule has 1 rings (SSSR count). The second kappa shape index (κ2) is 7.10. The average Bonchev–Trinajstić information content (AvgIpc) is 2.32. The predicted molar refractivity (Wildman–Crippen MR) is 75.4 cm³/mol. The Morgan fingerprint density at radius 2 is 2.12 bits per heavy atom. The molecule has 96 valence electrons. The van der Waals surface area contributed by atoms with Crippen LogP contribution in [0.4, 0.5) is 5.69 Å². The third-order valence-corrected chi connectivity index (χ3v) is 3.37. The summed E-state index contributed by atoms with van der Waals surface area (Å²) in [6.07, 6.45) is 0. The van der Waals surface area contributed by atoms with E-state index in [1.165, 1.54) is 0 Å². The van der Waals surface area contributed by atoms with Crippen LogP contribution in [-0.4, -0.2) is 26.3 Å². The van der Waals surface area contributed by atoms with Crippen LogP contribution in [0.3, 0.4) is 0 Å². The molecule has 0 saturated carbocycles. The van der Waals surface area contributed by atoms with E-state index in [4.69, 9.17) is 27.9 Å². The summed E-state index contributed by atoms with van der Waals surface area (Å²) in [5, 5.41) is 0.743. The highest BCUT2D eigenvalue weighted by atomic mass is 35.5. The molecule has 0 radical (unpaired) electrons. The van der Waals surface area contributed by atoms with Crippen molar-refractivity contribution in [2.75, 3.05) is 25.2 Å². The van der Waals surface area contributed by atoms with Gasteiger partial charge >= 0.3 is 0 Å². The molecule has 1 aromatic rings. The number of likely N-dealkylation sites (N-methyl/N-ethyl adjacent to an activating group) is 1. The Balaban J connectivity index is 2.95. The van der Waals surface area contributed by atoms with Crippen molar-refractivity contribution in [1.82, 2.24) is 0 Å². The summed E-state index contributed by atoms with van der Waals surface area (Å²) in [5.74, 6) is 0.486. The lowest BCUT2D eigenvalue weighted by molar-refractivity contribution is 0.182. The van der Waals surface area contributed by atoms with E-state index in [1.807, 2.05) is 18.2 Å². The van der Waals surface area contributed by atoms with E-state index in [0.717, 1.165) is 22.8 Å². The highest BCUT2D eigenvalue weighted by Crippen LogP contribution is 2.28. The molecule has 1 unspecified atom stereocenters. The number of ether oxygens (including phenoxy) is 1. The molecule has 0 saturated heterocycles. The van der Waals surface area contributed by atoms with Gasteiger partial charge < -0.3 is 9.64 Å². The van der Waals surface area contributed by atoms with Crippen LogP contribution in [0.1, 0.15) is 19.4 Å². The topological polar surface area (TPSA) is 12.5 Å². The third-order valence-electron chi connectivity index (χ3n) is 2.76. The Bertz CT molecular complexity index is 357. The summed E-state index contributed by atoms with van der Waals surface area (Å²) in [4.78, 5) is 2.23. The van der Waals surface area contributed by atoms with Crippen LogP contribution in [0.15, 0.2) is 18.2 Å². The molecule has 0 amide bonds. The fourth-order valence-corrected chi connectivity index (χ4v) is 2.40. The lowest BCUT2D eigenvalue weighted by atomic mass is 10.2. The minimum atomic E-state index is 0.296. The summed E-state index contributed by atoms with van der Waals surface area (Å²) >= 11 is 12.1. The Labute approximate surface area is 113 Å². The van der Waals surface area contributed by atoms with Crippen LogP contribution < -0.4 is 4.90 Å². The van der Waals surface area contributed by atoms with Crippen molar-refractivity contribution in [2.45, 2.75) is 25.8 Å². The highest BCUT2D eigenvalue weighted by molar-refractivity contribution is 6.33. The molecule has 1 atom stereocenters. The molecule has 0 N–H and O–H groups in total. The minimum absolute atomic E-state index is 0.296. The summed E-state index contributed by atoms with van der Waals surface area (Å²) in [5.41, 5.74) is 2.07. The first-order chi connectivity index (χ1) is 8.13. The number of nitrogens with zero attached hydrogens (tertiary/aromatic N) is 1. The van der Waals surface area contributed by atoms with Crippen molar-refractivity contribution in [2.24, 2.45) is 0 Å². The number of halogens is 2. The molecule has 0 aliphatic carbocycles. The molecule has 2 nitrogen and oxygen atoms in total. The SMILES string of the molecule is CCN(c1ccc(CCl)cc1Cl)C(C)COC. The zero-order chi connectivity index (χ0) is 12.8. The van der Waals surface area contributed by atoms with Gasteiger partial charge in [0, 0.05) is 25.6 Å². The van der Waals surface area contributed by atoms with Crippen LogP contribution >= 0.6 is 23.2 Å². The van der Waals surface area contributed by atoms with Gasteiger partial charge in [0.1, 0.15) is 0 Å². The monoisotopic (exact) mass is 275 g/mol. The van der Waals surface area contributed by atoms with E-state index < -0.39 is 0 Å². The maximum Gasteiger partial charge on any atom is 0.0663 e. The second-order valence-electron chi connectivity index (χ2n) is 4.01. The molecular weight excluding hydrogens is 257 g/mol. The summed E-state index contributed by atoms with van der Waals surface area (Å²) in [6, 6.07) is 6.25.